The summed E-state index contributed by atoms with van der Waals surface area (Å²) in [4.78, 5) is 4.02. The zero-order valence-corrected chi connectivity index (χ0v) is 9.90. The zero-order valence-electron chi connectivity index (χ0n) is 9.08. The number of nitrogen functional groups attached to an aromatic ring is 1. The van der Waals surface area contributed by atoms with Crippen LogP contribution >= 0.6 is 0 Å². The summed E-state index contributed by atoms with van der Waals surface area (Å²) in [6.45, 7) is 3.23. The first-order valence-corrected chi connectivity index (χ1v) is 6.42. The predicted octanol–water partition coefficient (Wildman–Crippen LogP) is 1.20. The van der Waals surface area contributed by atoms with Crippen molar-refractivity contribution in [2.75, 3.05) is 5.73 Å². The molecule has 0 amide bonds. The molecule has 0 atom stereocenters. The number of rotatable bonds is 2. The van der Waals surface area contributed by atoms with E-state index in [-0.39, 0.29) is 5.95 Å². The van der Waals surface area contributed by atoms with E-state index in [1.54, 1.807) is 38.1 Å². The fourth-order valence-electron chi connectivity index (χ4n) is 1.50. The molecule has 0 spiro atoms. The molecule has 6 heteroatoms. The van der Waals surface area contributed by atoms with Gasteiger partial charge in [0.2, 0.25) is 16.0 Å². The van der Waals surface area contributed by atoms with Gasteiger partial charge in [0.25, 0.3) is 0 Å². The summed E-state index contributed by atoms with van der Waals surface area (Å²) in [5, 5.41) is -0.535. The molecule has 0 bridgehead atoms. The number of imidazole rings is 1. The molecule has 2 rings (SSSR count). The summed E-state index contributed by atoms with van der Waals surface area (Å²) in [7, 11) is -3.46. The minimum absolute atomic E-state index is 0.00917. The molecule has 1 aromatic heterocycles. The Balaban J connectivity index is 2.84. The standard InChI is InChI=1S/C10H13N3O2S/c1-7(2)16(14,15)13-9-6-4-3-5-8(9)12-10(13)11/h3-7H,1-2H3,(H2,11,12). The molecule has 1 heterocycles. The Labute approximate surface area is 93.9 Å². The molecule has 5 nitrogen and oxygen atoms in total. The minimum Gasteiger partial charge on any atom is -0.368 e. The SMILES string of the molecule is CC(C)S(=O)(=O)n1c(N)nc2ccccc21. The Morgan fingerprint density at radius 2 is 1.94 bits per heavy atom. The summed E-state index contributed by atoms with van der Waals surface area (Å²) in [5.74, 6) is 0.00917. The Hall–Kier alpha value is -1.56. The van der Waals surface area contributed by atoms with Gasteiger partial charge < -0.3 is 5.73 Å². The van der Waals surface area contributed by atoms with Crippen LogP contribution in [0.2, 0.25) is 0 Å². The van der Waals surface area contributed by atoms with Crippen LogP contribution in [0.25, 0.3) is 11.0 Å². The number of para-hydroxylation sites is 2. The number of benzene rings is 1. The van der Waals surface area contributed by atoms with Crippen molar-refractivity contribution in [1.82, 2.24) is 8.96 Å². The Morgan fingerprint density at radius 1 is 1.31 bits per heavy atom. The largest absolute Gasteiger partial charge is 0.368 e. The molecule has 2 N–H and O–H groups in total. The van der Waals surface area contributed by atoms with Crippen LogP contribution in [0, 0.1) is 0 Å². The smallest absolute Gasteiger partial charge is 0.244 e. The van der Waals surface area contributed by atoms with Crippen molar-refractivity contribution in [2.24, 2.45) is 0 Å². The van der Waals surface area contributed by atoms with Gasteiger partial charge in [-0.25, -0.2) is 17.4 Å². The Bertz CT molecular complexity index is 629. The highest BCUT2D eigenvalue weighted by molar-refractivity contribution is 7.90. The number of nitrogens with two attached hydrogens (primary N) is 1. The maximum Gasteiger partial charge on any atom is 0.244 e. The van der Waals surface area contributed by atoms with E-state index in [2.05, 4.69) is 4.98 Å². The molecule has 0 aliphatic carbocycles. The minimum atomic E-state index is -3.46. The first-order chi connectivity index (χ1) is 7.44. The van der Waals surface area contributed by atoms with Gasteiger partial charge in [0.05, 0.1) is 16.3 Å². The van der Waals surface area contributed by atoms with Crippen LogP contribution in [0.4, 0.5) is 5.95 Å². The van der Waals surface area contributed by atoms with E-state index < -0.39 is 15.3 Å². The number of anilines is 1. The third kappa shape index (κ3) is 1.46. The second-order valence-corrected chi connectivity index (χ2v) is 6.15. The van der Waals surface area contributed by atoms with E-state index in [9.17, 15) is 8.42 Å². The molecular weight excluding hydrogens is 226 g/mol. The third-order valence-corrected chi connectivity index (χ3v) is 4.48. The van der Waals surface area contributed by atoms with E-state index in [4.69, 9.17) is 5.73 Å². The van der Waals surface area contributed by atoms with E-state index in [1.807, 2.05) is 0 Å². The van der Waals surface area contributed by atoms with Crippen LogP contribution in [0.3, 0.4) is 0 Å². The maximum atomic E-state index is 12.1. The van der Waals surface area contributed by atoms with Gasteiger partial charge in [-0.05, 0) is 26.0 Å². The lowest BCUT2D eigenvalue weighted by Gasteiger charge is -2.10. The second kappa shape index (κ2) is 3.48. The first kappa shape index (κ1) is 10.9. The number of nitrogens with zero attached hydrogens (tertiary/aromatic N) is 2. The van der Waals surface area contributed by atoms with Crippen LogP contribution in [0.5, 0.6) is 0 Å². The molecule has 1 aromatic carbocycles. The number of hydrogen-bond acceptors (Lipinski definition) is 4. The lowest BCUT2D eigenvalue weighted by atomic mass is 10.3. The topological polar surface area (TPSA) is 78.0 Å². The van der Waals surface area contributed by atoms with Crippen LogP contribution in [0.1, 0.15) is 13.8 Å². The van der Waals surface area contributed by atoms with Crippen molar-refractivity contribution in [2.45, 2.75) is 19.1 Å². The Kier molecular flexibility index (Phi) is 2.38. The number of aromatic nitrogens is 2. The molecular formula is C10H13N3O2S. The van der Waals surface area contributed by atoms with Gasteiger partial charge in [0.15, 0.2) is 0 Å². The predicted molar refractivity (Wildman–Crippen MR) is 63.6 cm³/mol. The monoisotopic (exact) mass is 239 g/mol. The normalized spacial score (nSPS) is 12.4. The van der Waals surface area contributed by atoms with Crippen LogP contribution < -0.4 is 5.73 Å². The van der Waals surface area contributed by atoms with Crippen molar-refractivity contribution >= 4 is 27.0 Å². The number of fused-ring (bicyclic) bond motifs is 1. The molecule has 0 unspecified atom stereocenters. The molecule has 0 fully saturated rings. The summed E-state index contributed by atoms with van der Waals surface area (Å²) >= 11 is 0. The maximum absolute atomic E-state index is 12.1. The van der Waals surface area contributed by atoms with E-state index in [0.29, 0.717) is 11.0 Å². The van der Waals surface area contributed by atoms with Crippen LogP contribution in [-0.4, -0.2) is 22.6 Å². The quantitative estimate of drug-likeness (QED) is 0.854. The first-order valence-electron chi connectivity index (χ1n) is 4.92. The van der Waals surface area contributed by atoms with Gasteiger partial charge in [0.1, 0.15) is 0 Å². The summed E-state index contributed by atoms with van der Waals surface area (Å²) in [5.41, 5.74) is 6.76. The molecule has 86 valence electrons. The van der Waals surface area contributed by atoms with Crippen molar-refractivity contribution in [3.63, 3.8) is 0 Å². The summed E-state index contributed by atoms with van der Waals surface area (Å²) < 4.78 is 25.2. The van der Waals surface area contributed by atoms with Crippen molar-refractivity contribution in [3.8, 4) is 0 Å². The lowest BCUT2D eigenvalue weighted by Crippen LogP contribution is -2.23. The van der Waals surface area contributed by atoms with Gasteiger partial charge in [-0.2, -0.15) is 0 Å². The van der Waals surface area contributed by atoms with Crippen molar-refractivity contribution in [1.29, 1.82) is 0 Å². The van der Waals surface area contributed by atoms with Gasteiger partial charge in [-0.3, -0.25) is 0 Å². The molecule has 0 aliphatic rings. The van der Waals surface area contributed by atoms with Gasteiger partial charge in [-0.1, -0.05) is 12.1 Å². The molecule has 16 heavy (non-hydrogen) atoms. The molecule has 0 radical (unpaired) electrons. The average Bonchev–Trinajstić information content (AvgIpc) is 2.53. The highest BCUT2D eigenvalue weighted by Gasteiger charge is 2.23. The van der Waals surface area contributed by atoms with Gasteiger partial charge in [-0.15, -0.1) is 0 Å². The fourth-order valence-corrected chi connectivity index (χ4v) is 2.65. The van der Waals surface area contributed by atoms with Crippen LogP contribution in [-0.2, 0) is 10.0 Å². The third-order valence-electron chi connectivity index (χ3n) is 2.39. The average molecular weight is 239 g/mol. The number of hydrogen-bond donors (Lipinski definition) is 1. The van der Waals surface area contributed by atoms with E-state index in [0.717, 1.165) is 3.97 Å². The highest BCUT2D eigenvalue weighted by atomic mass is 32.2. The highest BCUT2D eigenvalue weighted by Crippen LogP contribution is 2.21. The Morgan fingerprint density at radius 3 is 2.56 bits per heavy atom. The van der Waals surface area contributed by atoms with Crippen molar-refractivity contribution in [3.05, 3.63) is 24.3 Å². The van der Waals surface area contributed by atoms with E-state index in [1.165, 1.54) is 0 Å². The molecule has 0 saturated heterocycles. The van der Waals surface area contributed by atoms with Crippen LogP contribution in [0.15, 0.2) is 24.3 Å². The molecule has 2 aromatic rings. The van der Waals surface area contributed by atoms with Crippen molar-refractivity contribution < 1.29 is 8.42 Å². The van der Waals surface area contributed by atoms with Gasteiger partial charge >= 0.3 is 0 Å². The van der Waals surface area contributed by atoms with Gasteiger partial charge in [0, 0.05) is 0 Å². The summed E-state index contributed by atoms with van der Waals surface area (Å²) in [6, 6.07) is 6.98. The van der Waals surface area contributed by atoms with E-state index >= 15 is 0 Å². The second-order valence-electron chi connectivity index (χ2n) is 3.82. The zero-order chi connectivity index (χ0) is 11.9. The lowest BCUT2D eigenvalue weighted by molar-refractivity contribution is 0.580. The fraction of sp³-hybridized carbons (Fsp3) is 0.300. The summed E-state index contributed by atoms with van der Waals surface area (Å²) in [6.07, 6.45) is 0. The molecule has 0 aliphatic heterocycles. The molecule has 0 saturated carbocycles.